The van der Waals surface area contributed by atoms with Crippen LogP contribution in [0, 0.1) is 0 Å². The van der Waals surface area contributed by atoms with Crippen LogP contribution in [0.1, 0.15) is 18.9 Å². The van der Waals surface area contributed by atoms with Crippen molar-refractivity contribution < 1.29 is 14.3 Å². The number of aromatic amines is 1. The number of aromatic nitrogens is 2. The molecule has 3 aromatic rings. The normalized spacial score (nSPS) is 18.0. The number of ether oxygens (including phenoxy) is 2. The molecule has 1 aromatic heterocycles. The van der Waals surface area contributed by atoms with Gasteiger partial charge in [0.05, 0.1) is 12.1 Å². The zero-order valence-electron chi connectivity index (χ0n) is 13.9. The predicted octanol–water partition coefficient (Wildman–Crippen LogP) is 3.63. The van der Waals surface area contributed by atoms with E-state index in [1.54, 1.807) is 0 Å². The van der Waals surface area contributed by atoms with E-state index in [1.807, 2.05) is 49.4 Å². The van der Waals surface area contributed by atoms with Crippen molar-refractivity contribution >= 4 is 17.0 Å². The first kappa shape index (κ1) is 15.5. The van der Waals surface area contributed by atoms with Crippen LogP contribution in [0.3, 0.4) is 0 Å². The first-order chi connectivity index (χ1) is 12.2. The van der Waals surface area contributed by atoms with Gasteiger partial charge in [-0.25, -0.2) is 4.79 Å². The van der Waals surface area contributed by atoms with Crippen LogP contribution < -0.4 is 10.1 Å². The van der Waals surface area contributed by atoms with E-state index in [9.17, 15) is 4.79 Å². The van der Waals surface area contributed by atoms with E-state index >= 15 is 0 Å². The molecule has 1 aliphatic heterocycles. The lowest BCUT2D eigenvalue weighted by Crippen LogP contribution is -2.34. The van der Waals surface area contributed by atoms with Gasteiger partial charge in [0.15, 0.2) is 0 Å². The monoisotopic (exact) mass is 337 g/mol. The molecule has 1 atom stereocenters. The molecule has 6 nitrogen and oxygen atoms in total. The number of carbonyl (C=O) groups is 1. The van der Waals surface area contributed by atoms with Crippen molar-refractivity contribution in [2.24, 2.45) is 0 Å². The summed E-state index contributed by atoms with van der Waals surface area (Å²) in [7, 11) is 0. The van der Waals surface area contributed by atoms with Crippen molar-refractivity contribution in [3.63, 3.8) is 0 Å². The number of nitrogens with zero attached hydrogens (tertiary/aromatic N) is 1. The fourth-order valence-corrected chi connectivity index (χ4v) is 2.93. The molecule has 4 bridgehead atoms. The average Bonchev–Trinajstić information content (AvgIpc) is 3.03. The summed E-state index contributed by atoms with van der Waals surface area (Å²) < 4.78 is 11.1. The number of fused-ring (bicyclic) bond motifs is 4. The van der Waals surface area contributed by atoms with Crippen LogP contribution in [-0.2, 0) is 11.3 Å². The number of hydrogen-bond donors (Lipinski definition) is 2. The number of cyclic esters (lactones) is 1. The zero-order chi connectivity index (χ0) is 17.2. The van der Waals surface area contributed by atoms with Gasteiger partial charge in [-0.1, -0.05) is 18.2 Å². The molecule has 25 heavy (non-hydrogen) atoms. The van der Waals surface area contributed by atoms with Crippen molar-refractivity contribution in [2.75, 3.05) is 6.61 Å². The molecule has 6 heteroatoms. The molecule has 0 spiro atoms. The van der Waals surface area contributed by atoms with Crippen molar-refractivity contribution in [1.29, 1.82) is 0 Å². The molecule has 1 aliphatic rings. The number of alkyl carbamates (subject to hydrolysis) is 1. The van der Waals surface area contributed by atoms with E-state index in [0.717, 1.165) is 33.5 Å². The topological polar surface area (TPSA) is 76.2 Å². The second kappa shape index (κ2) is 6.47. The Morgan fingerprint density at radius 1 is 1.16 bits per heavy atom. The maximum Gasteiger partial charge on any atom is 0.407 e. The van der Waals surface area contributed by atoms with Crippen LogP contribution >= 0.6 is 0 Å². The van der Waals surface area contributed by atoms with Crippen LogP contribution in [0.25, 0.3) is 22.2 Å². The van der Waals surface area contributed by atoms with Crippen LogP contribution in [0.2, 0.25) is 0 Å². The van der Waals surface area contributed by atoms with Crippen LogP contribution in [0.15, 0.2) is 42.5 Å². The lowest BCUT2D eigenvalue weighted by molar-refractivity contribution is 0.135. The Morgan fingerprint density at radius 2 is 2.08 bits per heavy atom. The van der Waals surface area contributed by atoms with Crippen molar-refractivity contribution in [1.82, 2.24) is 15.5 Å². The van der Waals surface area contributed by atoms with Crippen molar-refractivity contribution in [2.45, 2.75) is 26.0 Å². The fraction of sp³-hybridized carbons (Fsp3) is 0.263. The number of hydrogen-bond acceptors (Lipinski definition) is 4. The number of amides is 1. The standard InChI is InChI=1S/C19H19N3O3/c1-12-7-8-24-15-5-6-17-16(10-15)18(22-21-17)14-4-2-3-13(9-14)11-25-19(23)20-12/h2-6,9-10,12H,7-8,11H2,1H3,(H,20,23)(H,21,22)/t12-/m0/s1. The summed E-state index contributed by atoms with van der Waals surface area (Å²) >= 11 is 0. The summed E-state index contributed by atoms with van der Waals surface area (Å²) in [6.45, 7) is 2.66. The van der Waals surface area contributed by atoms with Gasteiger partial charge in [0, 0.05) is 23.4 Å². The molecule has 1 amide bonds. The molecule has 2 aromatic carbocycles. The number of benzene rings is 2. The van der Waals surface area contributed by atoms with Gasteiger partial charge in [-0.05, 0) is 36.8 Å². The Kier molecular flexibility index (Phi) is 4.01. The van der Waals surface area contributed by atoms with E-state index in [0.29, 0.717) is 13.0 Å². The van der Waals surface area contributed by atoms with Gasteiger partial charge in [-0.15, -0.1) is 0 Å². The molecule has 4 rings (SSSR count). The molecule has 0 fully saturated rings. The van der Waals surface area contributed by atoms with E-state index in [1.165, 1.54) is 0 Å². The molecule has 128 valence electrons. The van der Waals surface area contributed by atoms with Crippen LogP contribution in [0.5, 0.6) is 5.75 Å². The minimum absolute atomic E-state index is 0.0304. The van der Waals surface area contributed by atoms with Gasteiger partial charge in [0.1, 0.15) is 18.1 Å². The summed E-state index contributed by atoms with van der Waals surface area (Å²) in [5, 5.41) is 11.3. The minimum Gasteiger partial charge on any atom is -0.493 e. The number of nitrogens with one attached hydrogen (secondary N) is 2. The van der Waals surface area contributed by atoms with E-state index in [4.69, 9.17) is 9.47 Å². The van der Waals surface area contributed by atoms with Crippen molar-refractivity contribution in [3.05, 3.63) is 48.0 Å². The molecule has 0 radical (unpaired) electrons. The highest BCUT2D eigenvalue weighted by Gasteiger charge is 2.13. The van der Waals surface area contributed by atoms with Gasteiger partial charge < -0.3 is 14.8 Å². The Labute approximate surface area is 145 Å². The number of carbonyl (C=O) groups excluding carboxylic acids is 1. The van der Waals surface area contributed by atoms with E-state index < -0.39 is 6.09 Å². The fourth-order valence-electron chi connectivity index (χ4n) is 2.93. The Balaban J connectivity index is 1.77. The van der Waals surface area contributed by atoms with Gasteiger partial charge >= 0.3 is 6.09 Å². The Hall–Kier alpha value is -3.02. The third-order valence-electron chi connectivity index (χ3n) is 4.29. The van der Waals surface area contributed by atoms with Crippen LogP contribution in [-0.4, -0.2) is 28.9 Å². The number of H-pyrrole nitrogens is 1. The van der Waals surface area contributed by atoms with Gasteiger partial charge in [0.2, 0.25) is 0 Å². The molecule has 2 N–H and O–H groups in total. The quantitative estimate of drug-likeness (QED) is 0.657. The van der Waals surface area contributed by atoms with Crippen molar-refractivity contribution in [3.8, 4) is 17.0 Å². The summed E-state index contributed by atoms with van der Waals surface area (Å²) in [5.74, 6) is 0.788. The first-order valence-electron chi connectivity index (χ1n) is 8.32. The lowest BCUT2D eigenvalue weighted by Gasteiger charge is -2.14. The smallest absolute Gasteiger partial charge is 0.407 e. The highest BCUT2D eigenvalue weighted by molar-refractivity contribution is 5.93. The van der Waals surface area contributed by atoms with E-state index in [-0.39, 0.29) is 12.6 Å². The largest absolute Gasteiger partial charge is 0.493 e. The summed E-state index contributed by atoms with van der Waals surface area (Å²) in [6, 6.07) is 13.7. The minimum atomic E-state index is -0.421. The lowest BCUT2D eigenvalue weighted by atomic mass is 10.1. The Morgan fingerprint density at radius 3 is 3.00 bits per heavy atom. The highest BCUT2D eigenvalue weighted by atomic mass is 16.5. The Bertz CT molecular complexity index is 919. The van der Waals surface area contributed by atoms with Gasteiger partial charge in [-0.3, -0.25) is 5.10 Å². The predicted molar refractivity (Wildman–Crippen MR) is 94.4 cm³/mol. The highest BCUT2D eigenvalue weighted by Crippen LogP contribution is 2.30. The third kappa shape index (κ3) is 3.28. The van der Waals surface area contributed by atoms with Gasteiger partial charge in [-0.2, -0.15) is 5.10 Å². The third-order valence-corrected chi connectivity index (χ3v) is 4.29. The molecule has 0 saturated carbocycles. The van der Waals surface area contributed by atoms with Crippen LogP contribution in [0.4, 0.5) is 4.79 Å². The van der Waals surface area contributed by atoms with E-state index in [2.05, 4.69) is 15.5 Å². The summed E-state index contributed by atoms with van der Waals surface area (Å²) in [5.41, 5.74) is 3.69. The molecular formula is C19H19N3O3. The maximum absolute atomic E-state index is 11.9. The molecular weight excluding hydrogens is 318 g/mol. The number of rotatable bonds is 0. The zero-order valence-corrected chi connectivity index (χ0v) is 13.9. The average molecular weight is 337 g/mol. The second-order valence-corrected chi connectivity index (χ2v) is 6.24. The summed E-state index contributed by atoms with van der Waals surface area (Å²) in [6.07, 6.45) is 0.273. The molecule has 0 saturated heterocycles. The molecule has 2 heterocycles. The van der Waals surface area contributed by atoms with Gasteiger partial charge in [0.25, 0.3) is 0 Å². The first-order valence-corrected chi connectivity index (χ1v) is 8.32. The SMILES string of the molecule is C[C@H]1CCOc2ccc3[nH]nc(c3c2)-c2cccc(c2)COC(=O)N1. The summed E-state index contributed by atoms with van der Waals surface area (Å²) in [4.78, 5) is 11.9. The molecule has 0 aliphatic carbocycles. The second-order valence-electron chi connectivity index (χ2n) is 6.24. The maximum atomic E-state index is 11.9. The molecule has 0 unspecified atom stereocenters.